The maximum absolute atomic E-state index is 12.0. The fourth-order valence-electron chi connectivity index (χ4n) is 1.42. The molecule has 0 heterocycles. The number of hydrogen-bond acceptors (Lipinski definition) is 1. The van der Waals surface area contributed by atoms with Gasteiger partial charge in [-0.05, 0) is 32.3 Å². The highest BCUT2D eigenvalue weighted by atomic mass is 19.4. The second-order valence-electron chi connectivity index (χ2n) is 3.44. The lowest BCUT2D eigenvalue weighted by Gasteiger charge is -2.27. The van der Waals surface area contributed by atoms with E-state index in [0.717, 1.165) is 19.3 Å². The van der Waals surface area contributed by atoms with Gasteiger partial charge in [-0.25, -0.2) is 0 Å². The van der Waals surface area contributed by atoms with Gasteiger partial charge in [0.2, 0.25) is 0 Å². The lowest BCUT2D eigenvalue weighted by molar-refractivity contribution is 0.269. The van der Waals surface area contributed by atoms with Crippen LogP contribution in [0.4, 0.5) is 12.9 Å². The molecule has 5 heteroatoms. The van der Waals surface area contributed by atoms with Crippen molar-refractivity contribution in [3.05, 3.63) is 0 Å². The third-order valence-corrected chi connectivity index (χ3v) is 2.02. The molecule has 1 saturated carbocycles. The van der Waals surface area contributed by atoms with E-state index in [1.807, 2.05) is 6.92 Å². The average molecular weight is 180 g/mol. The fraction of sp³-hybridized carbons (Fsp3) is 1.00. The Bertz CT molecular complexity index is 144. The van der Waals surface area contributed by atoms with Crippen LogP contribution < -0.4 is 0 Å². The third-order valence-electron chi connectivity index (χ3n) is 2.02. The predicted octanol–water partition coefficient (Wildman–Crippen LogP) is 2.25. The Hall–Kier alpha value is -0.185. The summed E-state index contributed by atoms with van der Waals surface area (Å²) in [6, 6.07) is 0.230. The number of hydrogen-bond donors (Lipinski definition) is 0. The highest BCUT2D eigenvalue weighted by Crippen LogP contribution is 2.28. The summed E-state index contributed by atoms with van der Waals surface area (Å²) in [5.74, 6) is 0. The van der Waals surface area contributed by atoms with Gasteiger partial charge < -0.3 is 17.8 Å². The first-order chi connectivity index (χ1) is 5.53. The minimum atomic E-state index is -4.63. The molecule has 1 nitrogen and oxygen atoms in total. The van der Waals surface area contributed by atoms with E-state index in [9.17, 15) is 12.9 Å². The van der Waals surface area contributed by atoms with Gasteiger partial charge in [-0.1, -0.05) is 6.92 Å². The number of rotatable bonds is 5. The van der Waals surface area contributed by atoms with E-state index in [-0.39, 0.29) is 6.04 Å². The molecule has 1 fully saturated rings. The smallest absolute Gasteiger partial charge is 0.448 e. The number of nitrogens with zero attached hydrogens (tertiary/aromatic N) is 1. The molecule has 0 saturated heterocycles. The summed E-state index contributed by atoms with van der Waals surface area (Å²) < 4.78 is 36.1. The Balaban J connectivity index is 2.32. The van der Waals surface area contributed by atoms with Crippen molar-refractivity contribution in [3.8, 4) is 0 Å². The van der Waals surface area contributed by atoms with Crippen molar-refractivity contribution in [3.63, 3.8) is 0 Å². The Labute approximate surface area is 71.0 Å². The van der Waals surface area contributed by atoms with Crippen molar-refractivity contribution in [2.75, 3.05) is 13.0 Å². The van der Waals surface area contributed by atoms with Gasteiger partial charge in [-0.2, -0.15) is 0 Å². The normalized spacial score (nSPS) is 18.8. The van der Waals surface area contributed by atoms with Crippen LogP contribution in [-0.4, -0.2) is 30.9 Å². The zero-order valence-electron chi connectivity index (χ0n) is 7.27. The molecule has 1 aliphatic carbocycles. The minimum absolute atomic E-state index is 0.230. The van der Waals surface area contributed by atoms with E-state index in [2.05, 4.69) is 0 Å². The van der Waals surface area contributed by atoms with Crippen molar-refractivity contribution < 1.29 is 12.9 Å². The van der Waals surface area contributed by atoms with E-state index in [1.54, 1.807) is 4.90 Å². The molecular weight excluding hydrogens is 166 g/mol. The summed E-state index contributed by atoms with van der Waals surface area (Å²) in [6.07, 6.45) is 2.04. The SMILES string of the molecule is CCCN(C[B-](F)(F)F)C1CC1. The van der Waals surface area contributed by atoms with Crippen LogP contribution in [0.15, 0.2) is 0 Å². The van der Waals surface area contributed by atoms with Crippen molar-refractivity contribution >= 4 is 6.98 Å². The monoisotopic (exact) mass is 180 g/mol. The molecule has 12 heavy (non-hydrogen) atoms. The van der Waals surface area contributed by atoms with Gasteiger partial charge in [0.05, 0.1) is 0 Å². The van der Waals surface area contributed by atoms with E-state index < -0.39 is 13.4 Å². The van der Waals surface area contributed by atoms with Crippen LogP contribution in [0, 0.1) is 0 Å². The Morgan fingerprint density at radius 1 is 1.33 bits per heavy atom. The first-order valence-corrected chi connectivity index (χ1v) is 4.48. The van der Waals surface area contributed by atoms with Crippen LogP contribution in [0.1, 0.15) is 26.2 Å². The van der Waals surface area contributed by atoms with Crippen molar-refractivity contribution in [2.45, 2.75) is 32.2 Å². The van der Waals surface area contributed by atoms with Gasteiger partial charge in [0.1, 0.15) is 0 Å². The lowest BCUT2D eigenvalue weighted by Crippen LogP contribution is -2.39. The molecule has 0 aromatic rings. The summed E-state index contributed by atoms with van der Waals surface area (Å²) >= 11 is 0. The molecule has 0 bridgehead atoms. The molecule has 0 aromatic heterocycles. The van der Waals surface area contributed by atoms with Crippen molar-refractivity contribution in [1.82, 2.24) is 4.90 Å². The summed E-state index contributed by atoms with van der Waals surface area (Å²) in [5.41, 5.74) is 0. The topological polar surface area (TPSA) is 3.24 Å². The fourth-order valence-corrected chi connectivity index (χ4v) is 1.42. The van der Waals surface area contributed by atoms with Gasteiger partial charge in [0, 0.05) is 6.04 Å². The Morgan fingerprint density at radius 2 is 1.92 bits per heavy atom. The van der Waals surface area contributed by atoms with E-state index >= 15 is 0 Å². The summed E-state index contributed by atoms with van der Waals surface area (Å²) in [5, 5.41) is 0. The standard InChI is InChI=1S/C7H14BF3N/c1-2-5-12(7-3-4-7)6-8(9,10)11/h7H,2-6H2,1H3/q-1. The molecule has 0 unspecified atom stereocenters. The maximum Gasteiger partial charge on any atom is 0.492 e. The van der Waals surface area contributed by atoms with E-state index in [0.29, 0.717) is 6.54 Å². The number of halogens is 3. The van der Waals surface area contributed by atoms with E-state index in [4.69, 9.17) is 0 Å². The quantitative estimate of drug-likeness (QED) is 0.586. The molecule has 0 N–H and O–H groups in total. The van der Waals surface area contributed by atoms with Crippen LogP contribution in [-0.2, 0) is 0 Å². The predicted molar refractivity (Wildman–Crippen MR) is 44.0 cm³/mol. The molecule has 72 valence electrons. The lowest BCUT2D eigenvalue weighted by atomic mass is 9.91. The van der Waals surface area contributed by atoms with Crippen LogP contribution in [0.25, 0.3) is 0 Å². The molecule has 0 aromatic carbocycles. The van der Waals surface area contributed by atoms with Gasteiger partial charge in [0.15, 0.2) is 0 Å². The molecule has 0 atom stereocenters. The first kappa shape index (κ1) is 9.90. The Morgan fingerprint density at radius 3 is 2.25 bits per heavy atom. The molecular formula is C7H14BF3N-. The van der Waals surface area contributed by atoms with Gasteiger partial charge >= 0.3 is 6.98 Å². The molecule has 0 radical (unpaired) electrons. The van der Waals surface area contributed by atoms with Crippen LogP contribution in [0.2, 0.25) is 0 Å². The molecule has 0 aliphatic heterocycles. The molecule has 0 amide bonds. The second-order valence-corrected chi connectivity index (χ2v) is 3.44. The van der Waals surface area contributed by atoms with Gasteiger partial charge in [-0.15, -0.1) is 0 Å². The Kier molecular flexibility index (Phi) is 3.04. The highest BCUT2D eigenvalue weighted by Gasteiger charge is 2.34. The summed E-state index contributed by atoms with van der Waals surface area (Å²) in [6.45, 7) is -2.12. The van der Waals surface area contributed by atoms with Gasteiger partial charge in [-0.3, -0.25) is 0 Å². The largest absolute Gasteiger partial charge is 0.492 e. The zero-order valence-corrected chi connectivity index (χ0v) is 7.27. The maximum atomic E-state index is 12.0. The van der Waals surface area contributed by atoms with Gasteiger partial charge in [0.25, 0.3) is 0 Å². The zero-order chi connectivity index (χ0) is 9.19. The average Bonchev–Trinajstić information content (AvgIpc) is 2.63. The highest BCUT2D eigenvalue weighted by molar-refractivity contribution is 6.58. The molecule has 1 rings (SSSR count). The second kappa shape index (κ2) is 3.68. The van der Waals surface area contributed by atoms with Crippen molar-refractivity contribution in [1.29, 1.82) is 0 Å². The summed E-state index contributed by atoms with van der Waals surface area (Å²) in [4.78, 5) is 1.57. The van der Waals surface area contributed by atoms with E-state index in [1.165, 1.54) is 0 Å². The first-order valence-electron chi connectivity index (χ1n) is 4.48. The summed E-state index contributed by atoms with van der Waals surface area (Å²) in [7, 11) is 0. The molecule has 0 spiro atoms. The van der Waals surface area contributed by atoms with Crippen LogP contribution >= 0.6 is 0 Å². The van der Waals surface area contributed by atoms with Crippen LogP contribution in [0.5, 0.6) is 0 Å². The third kappa shape index (κ3) is 3.47. The molecule has 1 aliphatic rings. The van der Waals surface area contributed by atoms with Crippen LogP contribution in [0.3, 0.4) is 0 Å². The van der Waals surface area contributed by atoms with Crippen molar-refractivity contribution in [2.24, 2.45) is 0 Å². The minimum Gasteiger partial charge on any atom is -0.448 e.